The second-order valence-corrected chi connectivity index (χ2v) is 4.47. The van der Waals surface area contributed by atoms with Crippen LogP contribution in [0.25, 0.3) is 0 Å². The summed E-state index contributed by atoms with van der Waals surface area (Å²) in [6.07, 6.45) is -4.41. The zero-order chi connectivity index (χ0) is 12.5. The van der Waals surface area contributed by atoms with Gasteiger partial charge in [0, 0.05) is 16.1 Å². The first-order chi connectivity index (χ1) is 7.95. The van der Waals surface area contributed by atoms with Gasteiger partial charge in [0.15, 0.2) is 10.8 Å². The third-order valence-electron chi connectivity index (χ3n) is 1.87. The third-order valence-corrected chi connectivity index (χ3v) is 2.86. The van der Waals surface area contributed by atoms with Crippen LogP contribution in [-0.2, 0) is 6.18 Å². The largest absolute Gasteiger partial charge is 0.434 e. The van der Waals surface area contributed by atoms with Crippen molar-refractivity contribution >= 4 is 33.8 Å². The number of aromatic nitrogens is 1. The Kier molecular flexibility index (Phi) is 3.26. The Labute approximate surface area is 104 Å². The maximum Gasteiger partial charge on any atom is 0.434 e. The highest BCUT2D eigenvalue weighted by Crippen LogP contribution is 2.32. The van der Waals surface area contributed by atoms with E-state index in [2.05, 4.69) is 10.3 Å². The molecule has 0 aliphatic rings. The monoisotopic (exact) mass is 278 g/mol. The summed E-state index contributed by atoms with van der Waals surface area (Å²) in [5, 5.41) is 4.41. The maximum absolute atomic E-state index is 12.3. The lowest BCUT2D eigenvalue weighted by Gasteiger charge is -2.03. The van der Waals surface area contributed by atoms with E-state index in [0.29, 0.717) is 10.7 Å². The Morgan fingerprint density at radius 2 is 2.06 bits per heavy atom. The number of thiazole rings is 1. The van der Waals surface area contributed by atoms with Crippen molar-refractivity contribution in [1.82, 2.24) is 4.98 Å². The van der Waals surface area contributed by atoms with Gasteiger partial charge in [0.1, 0.15) is 0 Å². The highest BCUT2D eigenvalue weighted by atomic mass is 35.5. The fraction of sp³-hybridized carbons (Fsp3) is 0.100. The number of rotatable bonds is 2. The van der Waals surface area contributed by atoms with Gasteiger partial charge in [-0.05, 0) is 18.2 Å². The quantitative estimate of drug-likeness (QED) is 0.871. The van der Waals surface area contributed by atoms with Gasteiger partial charge in [-0.3, -0.25) is 0 Å². The SMILES string of the molecule is FC(F)(F)c1csc(Nc2cccc(Cl)c2)n1. The van der Waals surface area contributed by atoms with Crippen LogP contribution < -0.4 is 5.32 Å². The molecule has 0 saturated carbocycles. The lowest BCUT2D eigenvalue weighted by molar-refractivity contribution is -0.140. The normalized spacial score (nSPS) is 11.5. The van der Waals surface area contributed by atoms with Crippen LogP contribution in [0.2, 0.25) is 5.02 Å². The molecule has 17 heavy (non-hydrogen) atoms. The van der Waals surface area contributed by atoms with Crippen molar-refractivity contribution in [3.8, 4) is 0 Å². The van der Waals surface area contributed by atoms with Crippen molar-refractivity contribution in [1.29, 1.82) is 0 Å². The first-order valence-corrected chi connectivity index (χ1v) is 5.76. The van der Waals surface area contributed by atoms with Crippen molar-refractivity contribution in [2.45, 2.75) is 6.18 Å². The van der Waals surface area contributed by atoms with Crippen LogP contribution in [0.1, 0.15) is 5.69 Å². The number of hydrogen-bond acceptors (Lipinski definition) is 3. The summed E-state index contributed by atoms with van der Waals surface area (Å²) >= 11 is 6.64. The number of halogens is 4. The van der Waals surface area contributed by atoms with E-state index in [4.69, 9.17) is 11.6 Å². The van der Waals surface area contributed by atoms with Crippen LogP contribution >= 0.6 is 22.9 Å². The minimum atomic E-state index is -4.41. The minimum absolute atomic E-state index is 0.180. The molecule has 0 bridgehead atoms. The molecule has 1 aromatic carbocycles. The third kappa shape index (κ3) is 3.10. The molecule has 1 aromatic heterocycles. The molecule has 0 atom stereocenters. The molecule has 2 aromatic rings. The number of nitrogens with zero attached hydrogens (tertiary/aromatic N) is 1. The van der Waals surface area contributed by atoms with Crippen molar-refractivity contribution in [2.24, 2.45) is 0 Å². The Hall–Kier alpha value is -1.27. The molecule has 1 N–H and O–H groups in total. The predicted molar refractivity (Wildman–Crippen MR) is 61.9 cm³/mol. The Morgan fingerprint density at radius 3 is 2.65 bits per heavy atom. The van der Waals surface area contributed by atoms with E-state index in [1.54, 1.807) is 24.3 Å². The molecule has 90 valence electrons. The van der Waals surface area contributed by atoms with Gasteiger partial charge in [-0.1, -0.05) is 17.7 Å². The van der Waals surface area contributed by atoms with E-state index < -0.39 is 11.9 Å². The second kappa shape index (κ2) is 4.54. The summed E-state index contributed by atoms with van der Waals surface area (Å²) in [5.41, 5.74) is -0.299. The zero-order valence-electron chi connectivity index (χ0n) is 8.25. The Balaban J connectivity index is 2.17. The number of anilines is 2. The predicted octanol–water partition coefficient (Wildman–Crippen LogP) is 4.56. The van der Waals surface area contributed by atoms with Gasteiger partial charge in [0.05, 0.1) is 0 Å². The molecule has 0 fully saturated rings. The topological polar surface area (TPSA) is 24.9 Å². The molecule has 2 nitrogen and oxygen atoms in total. The average molecular weight is 279 g/mol. The van der Waals surface area contributed by atoms with Gasteiger partial charge in [0.2, 0.25) is 0 Å². The summed E-state index contributed by atoms with van der Waals surface area (Å²) in [6, 6.07) is 6.68. The van der Waals surface area contributed by atoms with Crippen molar-refractivity contribution in [2.75, 3.05) is 5.32 Å². The molecule has 0 spiro atoms. The smallest absolute Gasteiger partial charge is 0.331 e. The first-order valence-electron chi connectivity index (χ1n) is 4.50. The molecule has 0 saturated heterocycles. The summed E-state index contributed by atoms with van der Waals surface area (Å²) in [6.45, 7) is 0. The number of nitrogens with one attached hydrogen (secondary N) is 1. The van der Waals surface area contributed by atoms with Crippen LogP contribution in [-0.4, -0.2) is 4.98 Å². The minimum Gasteiger partial charge on any atom is -0.331 e. The summed E-state index contributed by atoms with van der Waals surface area (Å²) < 4.78 is 36.9. The Morgan fingerprint density at radius 1 is 1.29 bits per heavy atom. The van der Waals surface area contributed by atoms with Crippen molar-refractivity contribution in [3.63, 3.8) is 0 Å². The molecule has 7 heteroatoms. The van der Waals surface area contributed by atoms with Gasteiger partial charge in [-0.15, -0.1) is 11.3 Å². The highest BCUT2D eigenvalue weighted by Gasteiger charge is 2.33. The van der Waals surface area contributed by atoms with Gasteiger partial charge in [0.25, 0.3) is 0 Å². The van der Waals surface area contributed by atoms with Crippen molar-refractivity contribution in [3.05, 3.63) is 40.4 Å². The number of hydrogen-bond donors (Lipinski definition) is 1. The molecule has 0 amide bonds. The molecule has 1 heterocycles. The summed E-state index contributed by atoms with van der Waals surface area (Å²) in [7, 11) is 0. The molecule has 2 rings (SSSR count). The lowest BCUT2D eigenvalue weighted by atomic mass is 10.3. The van der Waals surface area contributed by atoms with Crippen LogP contribution in [0.3, 0.4) is 0 Å². The Bertz CT molecular complexity index is 524. The second-order valence-electron chi connectivity index (χ2n) is 3.17. The number of benzene rings is 1. The molecule has 0 unspecified atom stereocenters. The zero-order valence-corrected chi connectivity index (χ0v) is 9.83. The van der Waals surface area contributed by atoms with Gasteiger partial charge < -0.3 is 5.32 Å². The molecular formula is C10H6ClF3N2S. The fourth-order valence-electron chi connectivity index (χ4n) is 1.15. The van der Waals surface area contributed by atoms with Crippen LogP contribution in [0.15, 0.2) is 29.6 Å². The molecule has 0 aliphatic carbocycles. The van der Waals surface area contributed by atoms with E-state index >= 15 is 0 Å². The summed E-state index contributed by atoms with van der Waals surface area (Å²) in [4.78, 5) is 3.45. The van der Waals surface area contributed by atoms with Crippen LogP contribution in [0.5, 0.6) is 0 Å². The van der Waals surface area contributed by atoms with E-state index in [-0.39, 0.29) is 5.13 Å². The van der Waals surface area contributed by atoms with Gasteiger partial charge in [-0.25, -0.2) is 4.98 Å². The fourth-order valence-corrected chi connectivity index (χ4v) is 2.08. The molecule has 0 radical (unpaired) electrons. The highest BCUT2D eigenvalue weighted by molar-refractivity contribution is 7.13. The maximum atomic E-state index is 12.3. The van der Waals surface area contributed by atoms with Gasteiger partial charge in [-0.2, -0.15) is 13.2 Å². The first kappa shape index (κ1) is 12.2. The van der Waals surface area contributed by atoms with Gasteiger partial charge >= 0.3 is 6.18 Å². The van der Waals surface area contributed by atoms with Crippen LogP contribution in [0.4, 0.5) is 24.0 Å². The molecule has 0 aliphatic heterocycles. The average Bonchev–Trinajstić information content (AvgIpc) is 2.65. The van der Waals surface area contributed by atoms with Crippen LogP contribution in [0, 0.1) is 0 Å². The lowest BCUT2D eigenvalue weighted by Crippen LogP contribution is -2.05. The van der Waals surface area contributed by atoms with E-state index in [1.165, 1.54) is 0 Å². The summed E-state index contributed by atoms with van der Waals surface area (Å²) in [5.74, 6) is 0. The van der Waals surface area contributed by atoms with Crippen molar-refractivity contribution < 1.29 is 13.2 Å². The molecular weight excluding hydrogens is 273 g/mol. The standard InChI is InChI=1S/C10H6ClF3N2S/c11-6-2-1-3-7(4-6)15-9-16-8(5-17-9)10(12,13)14/h1-5H,(H,15,16). The number of alkyl halides is 3. The van der Waals surface area contributed by atoms with E-state index in [0.717, 1.165) is 16.7 Å². The van der Waals surface area contributed by atoms with E-state index in [1.807, 2.05) is 0 Å². The van der Waals surface area contributed by atoms with E-state index in [9.17, 15) is 13.2 Å².